The van der Waals surface area contributed by atoms with E-state index < -0.39 is 0 Å². The van der Waals surface area contributed by atoms with Gasteiger partial charge >= 0.3 is 0 Å². The quantitative estimate of drug-likeness (QED) is 0.870. The molecule has 0 heterocycles. The van der Waals surface area contributed by atoms with Gasteiger partial charge in [0.05, 0.1) is 7.11 Å². The fourth-order valence-electron chi connectivity index (χ4n) is 2.00. The van der Waals surface area contributed by atoms with Crippen LogP contribution in [0.3, 0.4) is 0 Å². The molecule has 0 radical (unpaired) electrons. The monoisotopic (exact) mass is 301 g/mol. The number of ether oxygens (including phenoxy) is 1. The number of benzene rings is 2. The fourth-order valence-corrected chi connectivity index (χ4v) is 2.65. The number of hydrogen-bond donors (Lipinski definition) is 1. The van der Waals surface area contributed by atoms with Crippen LogP contribution in [0.25, 0.3) is 0 Å². The first kappa shape index (κ1) is 15.4. The maximum absolute atomic E-state index is 12.3. The summed E-state index contributed by atoms with van der Waals surface area (Å²) in [6.07, 6.45) is 0. The standard InChI is InChI=1S/C17H19NO2S/c1-3-21-17(19)16(13-7-5-4-6-8-13)18-14-9-11-15(20-2)12-10-14/h4-12,16,18H,3H2,1-2H3. The molecule has 0 spiro atoms. The summed E-state index contributed by atoms with van der Waals surface area (Å²) in [4.78, 5) is 12.3. The van der Waals surface area contributed by atoms with Crippen LogP contribution in [0.4, 0.5) is 5.69 Å². The van der Waals surface area contributed by atoms with E-state index in [1.54, 1.807) is 7.11 Å². The second kappa shape index (κ2) is 7.74. The number of rotatable bonds is 6. The Balaban J connectivity index is 2.21. The molecule has 0 saturated heterocycles. The molecule has 110 valence electrons. The predicted molar refractivity (Wildman–Crippen MR) is 88.9 cm³/mol. The highest BCUT2D eigenvalue weighted by Gasteiger charge is 2.20. The number of nitrogens with one attached hydrogen (secondary N) is 1. The van der Waals surface area contributed by atoms with Gasteiger partial charge in [0.2, 0.25) is 5.12 Å². The van der Waals surface area contributed by atoms with Crippen molar-refractivity contribution in [2.45, 2.75) is 13.0 Å². The van der Waals surface area contributed by atoms with Crippen molar-refractivity contribution in [3.63, 3.8) is 0 Å². The highest BCUT2D eigenvalue weighted by molar-refractivity contribution is 8.13. The van der Waals surface area contributed by atoms with Crippen LogP contribution in [0.5, 0.6) is 5.75 Å². The Morgan fingerprint density at radius 2 is 1.81 bits per heavy atom. The normalized spacial score (nSPS) is 11.7. The number of carbonyl (C=O) groups is 1. The van der Waals surface area contributed by atoms with Crippen LogP contribution in [0.2, 0.25) is 0 Å². The van der Waals surface area contributed by atoms with Crippen LogP contribution in [-0.2, 0) is 4.79 Å². The average molecular weight is 301 g/mol. The topological polar surface area (TPSA) is 38.3 Å². The minimum absolute atomic E-state index is 0.125. The van der Waals surface area contributed by atoms with Crippen molar-refractivity contribution in [3.05, 3.63) is 60.2 Å². The summed E-state index contributed by atoms with van der Waals surface area (Å²) in [7, 11) is 1.64. The molecular weight excluding hydrogens is 282 g/mol. The van der Waals surface area contributed by atoms with Crippen LogP contribution in [-0.4, -0.2) is 18.0 Å². The highest BCUT2D eigenvalue weighted by Crippen LogP contribution is 2.26. The minimum Gasteiger partial charge on any atom is -0.497 e. The zero-order chi connectivity index (χ0) is 15.1. The lowest BCUT2D eigenvalue weighted by Crippen LogP contribution is -2.18. The van der Waals surface area contributed by atoms with Gasteiger partial charge in [-0.15, -0.1) is 0 Å². The van der Waals surface area contributed by atoms with E-state index in [4.69, 9.17) is 4.74 Å². The number of thioether (sulfide) groups is 1. The van der Waals surface area contributed by atoms with Crippen molar-refractivity contribution in [3.8, 4) is 5.75 Å². The van der Waals surface area contributed by atoms with E-state index in [0.717, 1.165) is 22.8 Å². The van der Waals surface area contributed by atoms with Gasteiger partial charge in [0, 0.05) is 5.69 Å². The third-order valence-electron chi connectivity index (χ3n) is 3.06. The molecule has 1 N–H and O–H groups in total. The molecule has 1 atom stereocenters. The molecule has 0 saturated carbocycles. The second-order valence-electron chi connectivity index (χ2n) is 4.47. The summed E-state index contributed by atoms with van der Waals surface area (Å²) in [5.74, 6) is 1.57. The van der Waals surface area contributed by atoms with Gasteiger partial charge in [0.1, 0.15) is 11.8 Å². The first-order chi connectivity index (χ1) is 10.2. The summed E-state index contributed by atoms with van der Waals surface area (Å²) in [6.45, 7) is 1.98. The largest absolute Gasteiger partial charge is 0.497 e. The van der Waals surface area contributed by atoms with E-state index in [-0.39, 0.29) is 11.2 Å². The summed E-state index contributed by atoms with van der Waals surface area (Å²) in [6, 6.07) is 17.0. The lowest BCUT2D eigenvalue weighted by Gasteiger charge is -2.19. The SMILES string of the molecule is CCSC(=O)C(Nc1ccc(OC)cc1)c1ccccc1. The molecule has 1 unspecified atom stereocenters. The second-order valence-corrected chi connectivity index (χ2v) is 5.74. The molecular formula is C17H19NO2S. The summed E-state index contributed by atoms with van der Waals surface area (Å²) in [5.41, 5.74) is 1.87. The fraction of sp³-hybridized carbons (Fsp3) is 0.235. The molecule has 0 fully saturated rings. The van der Waals surface area contributed by atoms with E-state index in [9.17, 15) is 4.79 Å². The van der Waals surface area contributed by atoms with Crippen molar-refractivity contribution in [2.75, 3.05) is 18.2 Å². The third-order valence-corrected chi connectivity index (χ3v) is 3.87. The van der Waals surface area contributed by atoms with Gasteiger partial charge in [-0.1, -0.05) is 49.0 Å². The van der Waals surface area contributed by atoms with Gasteiger partial charge in [0.15, 0.2) is 0 Å². The van der Waals surface area contributed by atoms with Gasteiger partial charge < -0.3 is 10.1 Å². The predicted octanol–water partition coefficient (Wildman–Crippen LogP) is 4.13. The Morgan fingerprint density at radius 1 is 1.14 bits per heavy atom. The minimum atomic E-state index is -0.343. The van der Waals surface area contributed by atoms with E-state index in [1.165, 1.54) is 11.8 Å². The Kier molecular flexibility index (Phi) is 5.69. The third kappa shape index (κ3) is 4.26. The van der Waals surface area contributed by atoms with Crippen molar-refractivity contribution >= 4 is 22.6 Å². The van der Waals surface area contributed by atoms with Gasteiger partial charge in [-0.3, -0.25) is 4.79 Å². The van der Waals surface area contributed by atoms with Crippen LogP contribution in [0.1, 0.15) is 18.5 Å². The van der Waals surface area contributed by atoms with Crippen molar-refractivity contribution < 1.29 is 9.53 Å². The zero-order valence-corrected chi connectivity index (χ0v) is 13.0. The number of carbonyl (C=O) groups excluding carboxylic acids is 1. The molecule has 0 aliphatic rings. The van der Waals surface area contributed by atoms with Crippen LogP contribution in [0, 0.1) is 0 Å². The average Bonchev–Trinajstić information content (AvgIpc) is 2.54. The molecule has 0 amide bonds. The van der Waals surface area contributed by atoms with Gasteiger partial charge in [-0.25, -0.2) is 0 Å². The van der Waals surface area contributed by atoms with Crippen LogP contribution < -0.4 is 10.1 Å². The molecule has 2 rings (SSSR count). The summed E-state index contributed by atoms with van der Waals surface area (Å²) in [5, 5.41) is 3.43. The van der Waals surface area contributed by atoms with Gasteiger partial charge in [-0.05, 0) is 35.6 Å². The molecule has 0 aliphatic heterocycles. The van der Waals surface area contributed by atoms with E-state index in [2.05, 4.69) is 5.32 Å². The highest BCUT2D eigenvalue weighted by atomic mass is 32.2. The maximum Gasteiger partial charge on any atom is 0.215 e. The summed E-state index contributed by atoms with van der Waals surface area (Å²) >= 11 is 1.34. The van der Waals surface area contributed by atoms with E-state index in [1.807, 2.05) is 61.5 Å². The molecule has 21 heavy (non-hydrogen) atoms. The van der Waals surface area contributed by atoms with Gasteiger partial charge in [0.25, 0.3) is 0 Å². The van der Waals surface area contributed by atoms with Crippen LogP contribution in [0.15, 0.2) is 54.6 Å². The van der Waals surface area contributed by atoms with Crippen molar-refractivity contribution in [2.24, 2.45) is 0 Å². The Hall–Kier alpha value is -1.94. The number of hydrogen-bond acceptors (Lipinski definition) is 4. The Labute approximate surface area is 129 Å². The molecule has 2 aromatic rings. The van der Waals surface area contributed by atoms with E-state index >= 15 is 0 Å². The smallest absolute Gasteiger partial charge is 0.215 e. The van der Waals surface area contributed by atoms with Crippen LogP contribution >= 0.6 is 11.8 Å². The first-order valence-corrected chi connectivity index (χ1v) is 7.85. The molecule has 0 aliphatic carbocycles. The zero-order valence-electron chi connectivity index (χ0n) is 12.2. The van der Waals surface area contributed by atoms with E-state index in [0.29, 0.717) is 0 Å². The van der Waals surface area contributed by atoms with Gasteiger partial charge in [-0.2, -0.15) is 0 Å². The maximum atomic E-state index is 12.3. The Bertz CT molecular complexity index is 569. The first-order valence-electron chi connectivity index (χ1n) is 6.86. The summed E-state index contributed by atoms with van der Waals surface area (Å²) < 4.78 is 5.15. The number of methoxy groups -OCH3 is 1. The molecule has 4 heteroatoms. The van der Waals surface area contributed by atoms with Crippen molar-refractivity contribution in [1.29, 1.82) is 0 Å². The van der Waals surface area contributed by atoms with Crippen molar-refractivity contribution in [1.82, 2.24) is 0 Å². The lowest BCUT2D eigenvalue weighted by molar-refractivity contribution is -0.111. The molecule has 3 nitrogen and oxygen atoms in total. The Morgan fingerprint density at radius 3 is 2.38 bits per heavy atom. The molecule has 0 bridgehead atoms. The molecule has 0 aromatic heterocycles. The number of anilines is 1. The lowest BCUT2D eigenvalue weighted by atomic mass is 10.1. The molecule has 2 aromatic carbocycles.